The van der Waals surface area contributed by atoms with E-state index < -0.39 is 0 Å². The highest BCUT2D eigenvalue weighted by atomic mass is 15.3. The van der Waals surface area contributed by atoms with Gasteiger partial charge in [-0.1, -0.05) is 30.7 Å². The van der Waals surface area contributed by atoms with Crippen LogP contribution in [0.25, 0.3) is 0 Å². The zero-order valence-corrected chi connectivity index (χ0v) is 14.4. The Kier molecular flexibility index (Phi) is 6.14. The second kappa shape index (κ2) is 8.31. The van der Waals surface area contributed by atoms with Crippen LogP contribution in [0.4, 0.5) is 0 Å². The summed E-state index contributed by atoms with van der Waals surface area (Å²) in [5, 5.41) is 14.7. The van der Waals surface area contributed by atoms with Crippen molar-refractivity contribution in [3.05, 3.63) is 47.0 Å². The Balaban J connectivity index is 1.81. The zero-order valence-electron chi connectivity index (χ0n) is 14.4. The lowest BCUT2D eigenvalue weighted by Crippen LogP contribution is -2.38. The molecule has 1 aromatic carbocycles. The molecule has 0 aliphatic rings. The molecule has 0 fully saturated rings. The van der Waals surface area contributed by atoms with E-state index in [0.29, 0.717) is 0 Å². The van der Waals surface area contributed by atoms with E-state index in [9.17, 15) is 0 Å². The van der Waals surface area contributed by atoms with Crippen molar-refractivity contribution in [1.82, 2.24) is 25.4 Å². The van der Waals surface area contributed by atoms with Gasteiger partial charge in [0, 0.05) is 33.1 Å². The van der Waals surface area contributed by atoms with Crippen molar-refractivity contribution in [3.63, 3.8) is 0 Å². The highest BCUT2D eigenvalue weighted by molar-refractivity contribution is 5.79. The van der Waals surface area contributed by atoms with Crippen molar-refractivity contribution < 1.29 is 0 Å². The standard InChI is InChI=1S/C17H26N6/c1-5-16-22-21-12-23(16)9-8-19-17(18-4)20-11-15-7-6-13(2)10-14(15)3/h6-7,10,12H,5,8-9,11H2,1-4H3,(H2,18,19,20). The molecule has 0 spiro atoms. The fourth-order valence-electron chi connectivity index (χ4n) is 2.48. The molecule has 6 heteroatoms. The van der Waals surface area contributed by atoms with Gasteiger partial charge < -0.3 is 15.2 Å². The lowest BCUT2D eigenvalue weighted by molar-refractivity contribution is 0.632. The predicted molar refractivity (Wildman–Crippen MR) is 93.5 cm³/mol. The Hall–Kier alpha value is -2.37. The Morgan fingerprint density at radius 3 is 2.78 bits per heavy atom. The minimum absolute atomic E-state index is 0.763. The van der Waals surface area contributed by atoms with E-state index in [1.54, 1.807) is 13.4 Å². The molecule has 2 rings (SSSR count). The number of rotatable bonds is 6. The van der Waals surface area contributed by atoms with Crippen LogP contribution in [0.1, 0.15) is 29.4 Å². The highest BCUT2D eigenvalue weighted by Gasteiger charge is 2.03. The SMILES string of the molecule is CCc1nncn1CCNC(=NC)NCc1ccc(C)cc1C. The van der Waals surface area contributed by atoms with E-state index in [1.165, 1.54) is 16.7 Å². The molecular formula is C17H26N6. The molecule has 0 amide bonds. The first kappa shape index (κ1) is 17.0. The molecule has 23 heavy (non-hydrogen) atoms. The van der Waals surface area contributed by atoms with Crippen molar-refractivity contribution in [3.8, 4) is 0 Å². The number of guanidine groups is 1. The van der Waals surface area contributed by atoms with Gasteiger partial charge in [-0.2, -0.15) is 0 Å². The van der Waals surface area contributed by atoms with Crippen molar-refractivity contribution in [2.45, 2.75) is 40.3 Å². The van der Waals surface area contributed by atoms with Crippen LogP contribution in [0.5, 0.6) is 0 Å². The third-order valence-corrected chi connectivity index (χ3v) is 3.83. The van der Waals surface area contributed by atoms with Crippen LogP contribution in [0.15, 0.2) is 29.5 Å². The van der Waals surface area contributed by atoms with Gasteiger partial charge in [0.05, 0.1) is 0 Å². The van der Waals surface area contributed by atoms with Crippen molar-refractivity contribution in [2.24, 2.45) is 4.99 Å². The summed E-state index contributed by atoms with van der Waals surface area (Å²) in [6.07, 6.45) is 2.66. The number of aromatic nitrogens is 3. The van der Waals surface area contributed by atoms with Crippen molar-refractivity contribution in [2.75, 3.05) is 13.6 Å². The van der Waals surface area contributed by atoms with Gasteiger partial charge in [-0.05, 0) is 25.0 Å². The van der Waals surface area contributed by atoms with Crippen molar-refractivity contribution >= 4 is 5.96 Å². The van der Waals surface area contributed by atoms with Gasteiger partial charge in [-0.25, -0.2) is 0 Å². The molecule has 1 aromatic heterocycles. The summed E-state index contributed by atoms with van der Waals surface area (Å²) in [5.74, 6) is 1.81. The van der Waals surface area contributed by atoms with Crippen LogP contribution in [0.3, 0.4) is 0 Å². The van der Waals surface area contributed by atoms with E-state index in [-0.39, 0.29) is 0 Å². The van der Waals surface area contributed by atoms with E-state index in [2.05, 4.69) is 69.4 Å². The summed E-state index contributed by atoms with van der Waals surface area (Å²) in [6, 6.07) is 6.50. The summed E-state index contributed by atoms with van der Waals surface area (Å²) in [5.41, 5.74) is 3.87. The Morgan fingerprint density at radius 1 is 1.26 bits per heavy atom. The Bertz CT molecular complexity index is 659. The Morgan fingerprint density at radius 2 is 2.09 bits per heavy atom. The van der Waals surface area contributed by atoms with E-state index in [0.717, 1.165) is 37.8 Å². The Labute approximate surface area is 138 Å². The second-order valence-electron chi connectivity index (χ2n) is 5.58. The summed E-state index contributed by atoms with van der Waals surface area (Å²) >= 11 is 0. The largest absolute Gasteiger partial charge is 0.355 e. The molecule has 0 atom stereocenters. The molecule has 0 saturated heterocycles. The van der Waals surface area contributed by atoms with Gasteiger partial charge in [-0.3, -0.25) is 4.99 Å². The van der Waals surface area contributed by atoms with Gasteiger partial charge in [0.1, 0.15) is 12.2 Å². The number of nitrogens with zero attached hydrogens (tertiary/aromatic N) is 4. The molecule has 2 aromatic rings. The molecule has 0 radical (unpaired) electrons. The van der Waals surface area contributed by atoms with Gasteiger partial charge in [-0.15, -0.1) is 10.2 Å². The van der Waals surface area contributed by atoms with E-state index in [1.807, 2.05) is 0 Å². The molecular weight excluding hydrogens is 288 g/mol. The molecule has 0 unspecified atom stereocenters. The maximum absolute atomic E-state index is 4.27. The zero-order chi connectivity index (χ0) is 16.7. The molecule has 0 aliphatic heterocycles. The second-order valence-corrected chi connectivity index (χ2v) is 5.58. The molecule has 6 nitrogen and oxygen atoms in total. The third-order valence-electron chi connectivity index (χ3n) is 3.83. The van der Waals surface area contributed by atoms with Gasteiger partial charge in [0.25, 0.3) is 0 Å². The quantitative estimate of drug-likeness (QED) is 0.630. The topological polar surface area (TPSA) is 67.1 Å². The summed E-state index contributed by atoms with van der Waals surface area (Å²) in [7, 11) is 1.79. The summed E-state index contributed by atoms with van der Waals surface area (Å²) < 4.78 is 2.06. The molecule has 2 N–H and O–H groups in total. The highest BCUT2D eigenvalue weighted by Crippen LogP contribution is 2.09. The number of aryl methyl sites for hydroxylation is 3. The van der Waals surface area contributed by atoms with Crippen LogP contribution >= 0.6 is 0 Å². The minimum atomic E-state index is 0.763. The number of aliphatic imine (C=N–C) groups is 1. The van der Waals surface area contributed by atoms with E-state index >= 15 is 0 Å². The number of hydrogen-bond acceptors (Lipinski definition) is 3. The third kappa shape index (κ3) is 4.81. The first-order valence-electron chi connectivity index (χ1n) is 8.01. The predicted octanol–water partition coefficient (Wildman–Crippen LogP) is 1.82. The van der Waals surface area contributed by atoms with Crippen LogP contribution in [0, 0.1) is 13.8 Å². The molecule has 1 heterocycles. The van der Waals surface area contributed by atoms with Gasteiger partial charge in [0.2, 0.25) is 0 Å². The maximum Gasteiger partial charge on any atom is 0.191 e. The summed E-state index contributed by atoms with van der Waals surface area (Å²) in [4.78, 5) is 4.27. The lowest BCUT2D eigenvalue weighted by atomic mass is 10.1. The van der Waals surface area contributed by atoms with Crippen molar-refractivity contribution in [1.29, 1.82) is 0 Å². The smallest absolute Gasteiger partial charge is 0.191 e. The number of nitrogens with one attached hydrogen (secondary N) is 2. The lowest BCUT2D eigenvalue weighted by Gasteiger charge is -2.14. The average Bonchev–Trinajstić information content (AvgIpc) is 2.99. The maximum atomic E-state index is 4.27. The minimum Gasteiger partial charge on any atom is -0.355 e. The van der Waals surface area contributed by atoms with Crippen LogP contribution < -0.4 is 10.6 Å². The first-order chi connectivity index (χ1) is 11.1. The monoisotopic (exact) mass is 314 g/mol. The van der Waals surface area contributed by atoms with E-state index in [4.69, 9.17) is 0 Å². The molecule has 0 bridgehead atoms. The number of benzene rings is 1. The normalized spacial score (nSPS) is 11.6. The van der Waals surface area contributed by atoms with Gasteiger partial charge >= 0.3 is 0 Å². The molecule has 0 aliphatic carbocycles. The molecule has 124 valence electrons. The summed E-state index contributed by atoms with van der Waals surface area (Å²) in [6.45, 7) is 8.69. The van der Waals surface area contributed by atoms with Gasteiger partial charge in [0.15, 0.2) is 5.96 Å². The molecule has 0 saturated carbocycles. The fraction of sp³-hybridized carbons (Fsp3) is 0.471. The average molecular weight is 314 g/mol. The number of hydrogen-bond donors (Lipinski definition) is 2. The van der Waals surface area contributed by atoms with Crippen LogP contribution in [-0.2, 0) is 19.5 Å². The fourth-order valence-corrected chi connectivity index (χ4v) is 2.48. The van der Waals surface area contributed by atoms with Crippen LogP contribution in [0.2, 0.25) is 0 Å². The van der Waals surface area contributed by atoms with Crippen LogP contribution in [-0.4, -0.2) is 34.3 Å². The first-order valence-corrected chi connectivity index (χ1v) is 8.01.